The minimum absolute atomic E-state index is 0. The number of hydrogen-bond acceptors (Lipinski definition) is 0. The van der Waals surface area contributed by atoms with Gasteiger partial charge in [0.2, 0.25) is 0 Å². The Labute approximate surface area is 188 Å². The Balaban J connectivity index is -0.000000367. The molecule has 0 saturated heterocycles. The zero-order valence-electron chi connectivity index (χ0n) is 17.1. The molecule has 0 rings (SSSR count). The molecule has 0 heterocycles. The first-order valence-corrected chi connectivity index (χ1v) is 10.2. The van der Waals surface area contributed by atoms with E-state index in [-0.39, 0.29) is 49.6 Å². The van der Waals surface area contributed by atoms with Crippen LogP contribution in [0.15, 0.2) is 0 Å². The maximum atomic E-state index is 2.51. The van der Waals surface area contributed by atoms with E-state index in [9.17, 15) is 0 Å². The molecule has 0 fully saturated rings. The Morgan fingerprint density at radius 2 is 0.577 bits per heavy atom. The molecule has 0 aromatic rings. The highest BCUT2D eigenvalue weighted by atomic mass is 35.5. The van der Waals surface area contributed by atoms with E-state index < -0.39 is 0 Å². The van der Waals surface area contributed by atoms with E-state index in [4.69, 9.17) is 0 Å². The summed E-state index contributed by atoms with van der Waals surface area (Å²) in [6.07, 6.45) is 10.9. The molecular formula is C18H46Cl4N4. The van der Waals surface area contributed by atoms with Crippen molar-refractivity contribution in [3.05, 3.63) is 0 Å². The Bertz CT molecular complexity index is 184. The summed E-state index contributed by atoms with van der Waals surface area (Å²) in [7, 11) is 0. The second kappa shape index (κ2) is 36.8. The lowest BCUT2D eigenvalue weighted by Gasteiger charge is -2.03. The molecule has 4 nitrogen and oxygen atoms in total. The largest absolute Gasteiger partial charge is 1.00 e. The third-order valence-corrected chi connectivity index (χ3v) is 4.22. The van der Waals surface area contributed by atoms with E-state index in [2.05, 4.69) is 35.1 Å². The molecular weight excluding hydrogens is 414 g/mol. The second-order valence-electron chi connectivity index (χ2n) is 6.59. The summed E-state index contributed by atoms with van der Waals surface area (Å²) < 4.78 is 0. The highest BCUT2D eigenvalue weighted by Gasteiger charge is 1.97. The molecule has 0 radical (unpaired) electrons. The zero-order valence-corrected chi connectivity index (χ0v) is 20.2. The lowest BCUT2D eigenvalue weighted by atomic mass is 10.3. The van der Waals surface area contributed by atoms with Gasteiger partial charge in [-0.15, -0.1) is 0 Å². The van der Waals surface area contributed by atoms with Gasteiger partial charge in [0.1, 0.15) is 0 Å². The highest BCUT2D eigenvalue weighted by molar-refractivity contribution is 4.35. The van der Waals surface area contributed by atoms with Gasteiger partial charge in [-0.05, 0) is 12.8 Å². The summed E-state index contributed by atoms with van der Waals surface area (Å²) in [5, 5.41) is 9.98. The Kier molecular flexibility index (Phi) is 53.4. The molecule has 0 aromatic heterocycles. The van der Waals surface area contributed by atoms with Crippen LogP contribution in [0, 0.1) is 0 Å². The topological polar surface area (TPSA) is 66.4 Å². The van der Waals surface area contributed by atoms with Crippen LogP contribution in [-0.4, -0.2) is 52.4 Å². The lowest BCUT2D eigenvalue weighted by Crippen LogP contribution is -3.00. The fraction of sp³-hybridized carbons (Fsp3) is 1.00. The van der Waals surface area contributed by atoms with E-state index in [1.165, 1.54) is 104 Å². The first kappa shape index (κ1) is 37.7. The minimum atomic E-state index is 0. The third-order valence-electron chi connectivity index (χ3n) is 4.22. The summed E-state index contributed by atoms with van der Waals surface area (Å²) in [5.74, 6) is 0. The average Bonchev–Trinajstić information content (AvgIpc) is 2.54. The third kappa shape index (κ3) is 36.0. The van der Waals surface area contributed by atoms with Crippen molar-refractivity contribution >= 4 is 0 Å². The molecule has 8 heteroatoms. The van der Waals surface area contributed by atoms with Gasteiger partial charge in [-0.2, -0.15) is 0 Å². The van der Waals surface area contributed by atoms with Crippen LogP contribution in [0.3, 0.4) is 0 Å². The number of rotatable bonds is 19. The van der Waals surface area contributed by atoms with Crippen molar-refractivity contribution < 1.29 is 70.9 Å². The van der Waals surface area contributed by atoms with Crippen molar-refractivity contribution in [1.29, 1.82) is 0 Å². The van der Waals surface area contributed by atoms with Crippen LogP contribution in [0.2, 0.25) is 0 Å². The Hall–Kier alpha value is 1.00. The molecule has 166 valence electrons. The van der Waals surface area contributed by atoms with Crippen molar-refractivity contribution in [2.75, 3.05) is 52.4 Å². The standard InChI is InChI=1S/C18H42N4.4ClH/c1-3-5-11-19-15-9-17-21-13-7-8-14-22-18-10-16-20-12-6-4-2;;;;/h19-22H,3-18H2,1-2H3;4*1H. The molecule has 0 bridgehead atoms. The van der Waals surface area contributed by atoms with Gasteiger partial charge in [-0.3, -0.25) is 0 Å². The highest BCUT2D eigenvalue weighted by Crippen LogP contribution is 1.79. The molecule has 26 heavy (non-hydrogen) atoms. The fourth-order valence-electron chi connectivity index (χ4n) is 2.66. The number of unbranched alkanes of at least 4 members (excludes halogenated alkanes) is 3. The van der Waals surface area contributed by atoms with Crippen LogP contribution < -0.4 is 70.9 Å². The number of halogens is 4. The van der Waals surface area contributed by atoms with Crippen LogP contribution in [-0.2, 0) is 0 Å². The molecule has 0 aliphatic heterocycles. The van der Waals surface area contributed by atoms with Crippen molar-refractivity contribution in [1.82, 2.24) is 0 Å². The minimum Gasteiger partial charge on any atom is -1.00 e. The van der Waals surface area contributed by atoms with Gasteiger partial charge in [-0.25, -0.2) is 0 Å². The van der Waals surface area contributed by atoms with Crippen LogP contribution in [0.25, 0.3) is 0 Å². The molecule has 0 saturated carbocycles. The van der Waals surface area contributed by atoms with Gasteiger partial charge >= 0.3 is 0 Å². The zero-order chi connectivity index (χ0) is 16.1. The van der Waals surface area contributed by atoms with Gasteiger partial charge < -0.3 is 70.9 Å². The summed E-state index contributed by atoms with van der Waals surface area (Å²) in [6.45, 7) is 15.1. The maximum absolute atomic E-state index is 2.51. The maximum Gasteiger partial charge on any atom is 0.0809 e. The summed E-state index contributed by atoms with van der Waals surface area (Å²) in [4.78, 5) is 0. The molecule has 0 spiro atoms. The summed E-state index contributed by atoms with van der Waals surface area (Å²) in [6, 6.07) is 0. The Morgan fingerprint density at radius 1 is 0.346 bits per heavy atom. The predicted octanol–water partition coefficient (Wildman–Crippen LogP) is -13.6. The number of quaternary nitrogens is 4. The fourth-order valence-corrected chi connectivity index (χ4v) is 2.66. The molecule has 0 aromatic carbocycles. The SMILES string of the molecule is CCCC[NH2+]CCC[NH2+]CCCC[NH2+]CCC[NH2+]CCCC.[Cl-].[Cl-].[Cl-].[Cl-]. The number of hydrogen-bond donors (Lipinski definition) is 4. The van der Waals surface area contributed by atoms with Gasteiger partial charge in [0.15, 0.2) is 0 Å². The van der Waals surface area contributed by atoms with Crippen LogP contribution in [0.5, 0.6) is 0 Å². The molecule has 0 amide bonds. The lowest BCUT2D eigenvalue weighted by molar-refractivity contribution is -0.686. The van der Waals surface area contributed by atoms with E-state index in [0.29, 0.717) is 0 Å². The molecule has 0 aliphatic rings. The van der Waals surface area contributed by atoms with Crippen LogP contribution in [0.4, 0.5) is 0 Å². The van der Waals surface area contributed by atoms with Crippen molar-refractivity contribution in [3.63, 3.8) is 0 Å². The first-order chi connectivity index (χ1) is 10.9. The van der Waals surface area contributed by atoms with Crippen molar-refractivity contribution in [3.8, 4) is 0 Å². The number of nitrogens with two attached hydrogens (primary N) is 4. The van der Waals surface area contributed by atoms with Crippen LogP contribution in [0.1, 0.15) is 65.2 Å². The average molecular weight is 460 g/mol. The van der Waals surface area contributed by atoms with Crippen molar-refractivity contribution in [2.24, 2.45) is 0 Å². The quantitative estimate of drug-likeness (QED) is 0.139. The molecule has 0 unspecified atom stereocenters. The van der Waals surface area contributed by atoms with E-state index in [1.54, 1.807) is 0 Å². The summed E-state index contributed by atoms with van der Waals surface area (Å²) >= 11 is 0. The van der Waals surface area contributed by atoms with Crippen LogP contribution >= 0.6 is 0 Å². The first-order valence-electron chi connectivity index (χ1n) is 10.2. The van der Waals surface area contributed by atoms with Crippen molar-refractivity contribution in [2.45, 2.75) is 65.2 Å². The van der Waals surface area contributed by atoms with Gasteiger partial charge in [0.05, 0.1) is 52.4 Å². The molecule has 0 aliphatic carbocycles. The molecule has 0 atom stereocenters. The monoisotopic (exact) mass is 458 g/mol. The Morgan fingerprint density at radius 3 is 0.846 bits per heavy atom. The van der Waals surface area contributed by atoms with Gasteiger partial charge in [0.25, 0.3) is 0 Å². The normalized spacial score (nSPS) is 9.46. The van der Waals surface area contributed by atoms with E-state index in [0.717, 1.165) is 0 Å². The smallest absolute Gasteiger partial charge is 0.0809 e. The van der Waals surface area contributed by atoms with Gasteiger partial charge in [-0.1, -0.05) is 26.7 Å². The van der Waals surface area contributed by atoms with E-state index in [1.807, 2.05) is 0 Å². The second-order valence-corrected chi connectivity index (χ2v) is 6.59. The molecule has 8 N–H and O–H groups in total. The predicted molar refractivity (Wildman–Crippen MR) is 94.9 cm³/mol. The summed E-state index contributed by atoms with van der Waals surface area (Å²) in [5.41, 5.74) is 0. The van der Waals surface area contributed by atoms with E-state index >= 15 is 0 Å². The van der Waals surface area contributed by atoms with Gasteiger partial charge in [0, 0.05) is 25.7 Å².